The molecule has 0 heterocycles. The van der Waals surface area contributed by atoms with Crippen LogP contribution in [0.3, 0.4) is 0 Å². The van der Waals surface area contributed by atoms with Gasteiger partial charge >= 0.3 is 0 Å². The van der Waals surface area contributed by atoms with E-state index in [1.807, 2.05) is 0 Å². The van der Waals surface area contributed by atoms with Gasteiger partial charge in [-0.05, 0) is 18.2 Å². The third kappa shape index (κ3) is 26.0. The Morgan fingerprint density at radius 3 is 0.868 bits per heavy atom. The summed E-state index contributed by atoms with van der Waals surface area (Å²) >= 11 is 0. The van der Waals surface area contributed by atoms with Gasteiger partial charge in [-0.25, -0.2) is 0 Å². The van der Waals surface area contributed by atoms with Crippen LogP contribution in [-0.4, -0.2) is 208 Å². The first-order valence-electron chi connectivity index (χ1n) is 18.0. The van der Waals surface area contributed by atoms with Gasteiger partial charge in [-0.2, -0.15) is 0 Å². The highest BCUT2D eigenvalue weighted by Gasteiger charge is 2.21. The number of nitrogen functional groups attached to an aromatic ring is 1. The lowest BCUT2D eigenvalue weighted by atomic mass is 10.1. The quantitative estimate of drug-likeness (QED) is 0.0741. The van der Waals surface area contributed by atoms with Crippen molar-refractivity contribution < 1.29 is 66.4 Å². The normalized spacial score (nSPS) is 11.3. The molecule has 0 radical (unpaired) electrons. The van der Waals surface area contributed by atoms with Gasteiger partial charge in [-0.3, -0.25) is 9.59 Å². The van der Waals surface area contributed by atoms with Gasteiger partial charge in [-0.15, -0.1) is 0 Å². The van der Waals surface area contributed by atoms with Gasteiger partial charge in [0.2, 0.25) is 0 Å². The van der Waals surface area contributed by atoms with Crippen LogP contribution in [0.25, 0.3) is 0 Å². The third-order valence-electron chi connectivity index (χ3n) is 7.26. The molecule has 308 valence electrons. The fraction of sp³-hybridized carbons (Fsp3) is 0.778. The first-order valence-corrected chi connectivity index (χ1v) is 18.0. The van der Waals surface area contributed by atoms with Gasteiger partial charge < -0.3 is 72.4 Å². The summed E-state index contributed by atoms with van der Waals surface area (Å²) < 4.78 is 64.6. The molecule has 0 spiro atoms. The van der Waals surface area contributed by atoms with Gasteiger partial charge in [0.1, 0.15) is 0 Å². The molecule has 2 N–H and O–H groups in total. The van der Waals surface area contributed by atoms with Gasteiger partial charge in [-0.1, -0.05) is 0 Å². The van der Waals surface area contributed by atoms with E-state index in [1.165, 1.54) is 0 Å². The van der Waals surface area contributed by atoms with Crippen LogP contribution in [0.5, 0.6) is 0 Å². The Balaban J connectivity index is 2.94. The molecule has 0 unspecified atom stereocenters. The molecule has 2 amide bonds. The third-order valence-corrected chi connectivity index (χ3v) is 7.26. The Bertz CT molecular complexity index is 911. The topological polar surface area (TPSA) is 177 Å². The van der Waals surface area contributed by atoms with Crippen LogP contribution < -0.4 is 5.73 Å². The monoisotopic (exact) mass is 763 g/mol. The second kappa shape index (κ2) is 35.2. The summed E-state index contributed by atoms with van der Waals surface area (Å²) in [5.74, 6) is -0.627. The van der Waals surface area contributed by atoms with Gasteiger partial charge in [0.05, 0.1) is 132 Å². The Morgan fingerprint density at radius 2 is 0.623 bits per heavy atom. The maximum absolute atomic E-state index is 13.9. The average molecular weight is 764 g/mol. The number of nitrogens with two attached hydrogens (primary N) is 1. The van der Waals surface area contributed by atoms with Crippen molar-refractivity contribution in [1.29, 1.82) is 0 Å². The average Bonchev–Trinajstić information content (AvgIpc) is 3.16. The molecule has 17 nitrogen and oxygen atoms in total. The number of methoxy groups -OCH3 is 4. The molecule has 0 fully saturated rings. The number of nitrogens with zero attached hydrogens (tertiary/aromatic N) is 2. The van der Waals surface area contributed by atoms with E-state index in [0.717, 1.165) is 0 Å². The van der Waals surface area contributed by atoms with Crippen molar-refractivity contribution in [3.8, 4) is 0 Å². The zero-order valence-electron chi connectivity index (χ0n) is 32.4. The van der Waals surface area contributed by atoms with E-state index in [4.69, 9.17) is 62.6 Å². The Hall–Kier alpha value is -2.52. The van der Waals surface area contributed by atoms with Crippen LogP contribution in [0, 0.1) is 0 Å². The lowest BCUT2D eigenvalue weighted by molar-refractivity contribution is 0.00961. The highest BCUT2D eigenvalue weighted by molar-refractivity contribution is 6.01. The molecule has 53 heavy (non-hydrogen) atoms. The smallest absolute Gasteiger partial charge is 0.254 e. The molecular formula is C36H65N3O14. The predicted molar refractivity (Wildman–Crippen MR) is 197 cm³/mol. The van der Waals surface area contributed by atoms with Gasteiger partial charge in [0, 0.05) is 71.4 Å². The lowest BCUT2D eigenvalue weighted by Gasteiger charge is -2.25. The minimum absolute atomic E-state index is 0.271. The second-order valence-corrected chi connectivity index (χ2v) is 11.3. The molecule has 0 aliphatic carbocycles. The van der Waals surface area contributed by atoms with Gasteiger partial charge in [0.25, 0.3) is 11.8 Å². The predicted octanol–water partition coefficient (Wildman–Crippen LogP) is 0.872. The fourth-order valence-corrected chi connectivity index (χ4v) is 4.45. The lowest BCUT2D eigenvalue weighted by Crippen LogP contribution is -2.38. The number of carbonyl (C=O) groups is 2. The molecule has 17 heteroatoms. The molecule has 0 bridgehead atoms. The Kier molecular flexibility index (Phi) is 32.2. The van der Waals surface area contributed by atoms with E-state index in [0.29, 0.717) is 106 Å². The van der Waals surface area contributed by atoms with Crippen LogP contribution in [0.15, 0.2) is 18.2 Å². The molecule has 0 aliphatic heterocycles. The van der Waals surface area contributed by atoms with Crippen molar-refractivity contribution in [1.82, 2.24) is 9.80 Å². The number of hydrogen-bond donors (Lipinski definition) is 1. The molecule has 1 aromatic carbocycles. The minimum Gasteiger partial charge on any atom is -0.399 e. The molecule has 0 aliphatic rings. The molecular weight excluding hydrogens is 698 g/mol. The van der Waals surface area contributed by atoms with Crippen LogP contribution >= 0.6 is 0 Å². The number of amides is 2. The SMILES string of the molecule is COCCOCCOCCN(CCOCCOCCOC)C(=O)c1cc(N)cc(C(=O)N(CCOCCOCCOC)CCOCCOCCOC)c1. The van der Waals surface area contributed by atoms with Crippen LogP contribution in [0.2, 0.25) is 0 Å². The Morgan fingerprint density at radius 1 is 0.396 bits per heavy atom. The standard InChI is InChI=1S/C36H65N3O14/c1-42-13-17-50-25-21-46-9-5-38(6-10-47-22-26-51-18-14-43-2)35(40)32-29-33(31-34(37)30-32)36(41)39(7-11-48-23-27-52-19-15-44-3)8-12-49-24-28-53-20-16-45-4/h29-31H,5-28,37H2,1-4H3. The first kappa shape index (κ1) is 48.5. The van der Waals surface area contributed by atoms with Crippen molar-refractivity contribution in [3.05, 3.63) is 29.3 Å². The summed E-state index contributed by atoms with van der Waals surface area (Å²) in [5.41, 5.74) is 7.08. The summed E-state index contributed by atoms with van der Waals surface area (Å²) in [6.07, 6.45) is 0. The second-order valence-electron chi connectivity index (χ2n) is 11.3. The maximum Gasteiger partial charge on any atom is 0.254 e. The maximum atomic E-state index is 13.9. The van der Waals surface area contributed by atoms with E-state index < -0.39 is 0 Å². The highest BCUT2D eigenvalue weighted by atomic mass is 16.6. The molecule has 1 aromatic rings. The molecule has 1 rings (SSSR count). The van der Waals surface area contributed by atoms with Gasteiger partial charge in [0.15, 0.2) is 0 Å². The molecule has 0 atom stereocenters. The van der Waals surface area contributed by atoms with Crippen LogP contribution in [-0.2, 0) is 56.8 Å². The van der Waals surface area contributed by atoms with E-state index in [2.05, 4.69) is 0 Å². The highest BCUT2D eigenvalue weighted by Crippen LogP contribution is 2.17. The number of anilines is 1. The van der Waals surface area contributed by atoms with Crippen LogP contribution in [0.1, 0.15) is 20.7 Å². The van der Waals surface area contributed by atoms with Crippen molar-refractivity contribution in [2.75, 3.05) is 192 Å². The number of hydrogen-bond acceptors (Lipinski definition) is 15. The fourth-order valence-electron chi connectivity index (χ4n) is 4.45. The molecule has 0 saturated carbocycles. The summed E-state index contributed by atoms with van der Waals surface area (Å²) in [4.78, 5) is 31.0. The Labute approximate surface area is 315 Å². The van der Waals surface area contributed by atoms with Crippen molar-refractivity contribution in [3.63, 3.8) is 0 Å². The number of benzene rings is 1. The van der Waals surface area contributed by atoms with Crippen molar-refractivity contribution >= 4 is 17.5 Å². The van der Waals surface area contributed by atoms with Crippen LogP contribution in [0.4, 0.5) is 5.69 Å². The van der Waals surface area contributed by atoms with Crippen molar-refractivity contribution in [2.45, 2.75) is 0 Å². The minimum atomic E-state index is -0.314. The van der Waals surface area contributed by atoms with E-state index in [1.54, 1.807) is 56.4 Å². The van der Waals surface area contributed by atoms with E-state index in [9.17, 15) is 9.59 Å². The van der Waals surface area contributed by atoms with Crippen molar-refractivity contribution in [2.24, 2.45) is 0 Å². The number of ether oxygens (including phenoxy) is 12. The number of rotatable bonds is 38. The summed E-state index contributed by atoms with van der Waals surface area (Å²) in [6, 6.07) is 4.68. The largest absolute Gasteiger partial charge is 0.399 e. The molecule has 0 aromatic heterocycles. The zero-order chi connectivity index (χ0) is 38.6. The molecule has 0 saturated heterocycles. The summed E-state index contributed by atoms with van der Waals surface area (Å²) in [5, 5.41) is 0. The van der Waals surface area contributed by atoms with E-state index >= 15 is 0 Å². The summed E-state index contributed by atoms with van der Waals surface area (Å²) in [7, 11) is 6.44. The first-order chi connectivity index (χ1) is 26.0. The van der Waals surface area contributed by atoms with E-state index in [-0.39, 0.29) is 81.2 Å². The number of carbonyl (C=O) groups excluding carboxylic acids is 2. The zero-order valence-corrected chi connectivity index (χ0v) is 32.4. The summed E-state index contributed by atoms with van der Waals surface area (Å²) in [6.45, 7) is 9.20.